The Morgan fingerprint density at radius 3 is 2.54 bits per heavy atom. The predicted molar refractivity (Wildman–Crippen MR) is 105 cm³/mol. The highest BCUT2D eigenvalue weighted by Gasteiger charge is 2.27. The number of nitrogen functional groups attached to an aromatic ring is 1. The summed E-state index contributed by atoms with van der Waals surface area (Å²) in [6.45, 7) is 0. The number of nitrogens with two attached hydrogens (primary N) is 1. The van der Waals surface area contributed by atoms with Crippen LogP contribution in [0.15, 0.2) is 71.3 Å². The number of benzene rings is 2. The first-order chi connectivity index (χ1) is 13.4. The van der Waals surface area contributed by atoms with E-state index in [9.17, 15) is 13.5 Å². The molecule has 0 saturated heterocycles. The zero-order chi connectivity index (χ0) is 19.7. The van der Waals surface area contributed by atoms with Gasteiger partial charge >= 0.3 is 10.1 Å². The van der Waals surface area contributed by atoms with E-state index in [0.717, 1.165) is 0 Å². The Balaban J connectivity index is 1.72. The molecule has 0 radical (unpaired) electrons. The fourth-order valence-corrected chi connectivity index (χ4v) is 3.99. The molecule has 142 valence electrons. The maximum Gasteiger partial charge on any atom is 0.313 e. The Hall–Kier alpha value is -3.52. The number of pyridine rings is 1. The van der Waals surface area contributed by atoms with Gasteiger partial charge in [0.1, 0.15) is 5.75 Å². The molecule has 7 nitrogen and oxygen atoms in total. The number of anilines is 1. The lowest BCUT2D eigenvalue weighted by molar-refractivity contribution is 0.432. The zero-order valence-corrected chi connectivity index (χ0v) is 15.4. The normalized spacial score (nSPS) is 11.6. The highest BCUT2D eigenvalue weighted by Crippen LogP contribution is 2.46. The molecule has 4 rings (SSSR count). The van der Waals surface area contributed by atoms with Crippen LogP contribution in [0, 0.1) is 0 Å². The van der Waals surface area contributed by atoms with Crippen LogP contribution in [0.25, 0.3) is 22.2 Å². The van der Waals surface area contributed by atoms with Gasteiger partial charge in [-0.3, -0.25) is 4.98 Å². The molecule has 2 heterocycles. The number of hydrogen-bond donors (Lipinski definition) is 2. The van der Waals surface area contributed by atoms with Gasteiger partial charge in [-0.1, -0.05) is 48.5 Å². The fourth-order valence-electron chi connectivity index (χ4n) is 2.92. The molecular formula is C20H16N2O5S. The Morgan fingerprint density at radius 2 is 1.75 bits per heavy atom. The predicted octanol–water partition coefficient (Wildman–Crippen LogP) is 3.69. The Labute approximate surface area is 161 Å². The van der Waals surface area contributed by atoms with Crippen LogP contribution < -0.4 is 9.92 Å². The van der Waals surface area contributed by atoms with Crippen molar-refractivity contribution in [1.29, 1.82) is 0 Å². The lowest BCUT2D eigenvalue weighted by Gasteiger charge is -2.06. The average Bonchev–Trinajstić information content (AvgIpc) is 2.95. The molecule has 0 saturated carbocycles. The molecule has 0 aliphatic carbocycles. The second-order valence-corrected chi connectivity index (χ2v) is 7.69. The maximum absolute atomic E-state index is 12.4. The Kier molecular flexibility index (Phi) is 4.40. The SMILES string of the molecule is Nc1oc(-c2ccnc3ccccc23)c(O)c1OS(=O)(=O)Cc1ccccc1. The molecule has 0 bridgehead atoms. The summed E-state index contributed by atoms with van der Waals surface area (Å²) in [6.07, 6.45) is 1.56. The zero-order valence-electron chi connectivity index (χ0n) is 14.6. The number of furan rings is 1. The van der Waals surface area contributed by atoms with Crippen LogP contribution in [0.1, 0.15) is 5.56 Å². The van der Waals surface area contributed by atoms with E-state index in [1.165, 1.54) is 0 Å². The summed E-state index contributed by atoms with van der Waals surface area (Å²) < 4.78 is 35.3. The molecule has 2 aromatic heterocycles. The van der Waals surface area contributed by atoms with Gasteiger partial charge in [0.15, 0.2) is 5.76 Å². The van der Waals surface area contributed by atoms with Gasteiger partial charge in [-0.25, -0.2) is 0 Å². The molecular weight excluding hydrogens is 380 g/mol. The summed E-state index contributed by atoms with van der Waals surface area (Å²) in [4.78, 5) is 4.25. The second kappa shape index (κ2) is 6.90. The van der Waals surface area contributed by atoms with Gasteiger partial charge in [-0.2, -0.15) is 8.42 Å². The van der Waals surface area contributed by atoms with E-state index in [4.69, 9.17) is 14.3 Å². The van der Waals surface area contributed by atoms with Crippen LogP contribution in [0.2, 0.25) is 0 Å². The molecule has 0 aliphatic heterocycles. The van der Waals surface area contributed by atoms with E-state index in [1.807, 2.05) is 24.3 Å². The third-order valence-corrected chi connectivity index (χ3v) is 5.26. The first-order valence-electron chi connectivity index (χ1n) is 8.36. The van der Waals surface area contributed by atoms with Crippen LogP contribution in [-0.4, -0.2) is 18.5 Å². The molecule has 0 atom stereocenters. The molecule has 2 aromatic carbocycles. The smallest absolute Gasteiger partial charge is 0.313 e. The lowest BCUT2D eigenvalue weighted by Crippen LogP contribution is -2.12. The Morgan fingerprint density at radius 1 is 1.04 bits per heavy atom. The van der Waals surface area contributed by atoms with Crippen LogP contribution in [0.3, 0.4) is 0 Å². The molecule has 0 amide bonds. The monoisotopic (exact) mass is 396 g/mol. The summed E-state index contributed by atoms with van der Waals surface area (Å²) in [5, 5.41) is 11.3. The molecule has 0 unspecified atom stereocenters. The number of aromatic nitrogens is 1. The standard InChI is InChI=1S/C20H16N2O5S/c21-20-19(27-28(24,25)12-13-6-2-1-3-7-13)17(23)18(26-20)15-10-11-22-16-9-5-4-8-14(15)16/h1-11,23H,12,21H2. The third kappa shape index (κ3) is 3.37. The summed E-state index contributed by atoms with van der Waals surface area (Å²) in [5.41, 5.74) is 7.55. The van der Waals surface area contributed by atoms with Gasteiger partial charge in [0.2, 0.25) is 17.4 Å². The minimum atomic E-state index is -4.06. The molecule has 28 heavy (non-hydrogen) atoms. The third-order valence-electron chi connectivity index (χ3n) is 4.16. The van der Waals surface area contributed by atoms with Crippen molar-refractivity contribution in [1.82, 2.24) is 4.98 Å². The quantitative estimate of drug-likeness (QED) is 0.494. The van der Waals surface area contributed by atoms with Crippen LogP contribution >= 0.6 is 0 Å². The van der Waals surface area contributed by atoms with E-state index >= 15 is 0 Å². The molecule has 8 heteroatoms. The second-order valence-electron chi connectivity index (χ2n) is 6.12. The summed E-state index contributed by atoms with van der Waals surface area (Å²) >= 11 is 0. The first-order valence-corrected chi connectivity index (χ1v) is 9.94. The van der Waals surface area contributed by atoms with Crippen LogP contribution in [-0.2, 0) is 15.9 Å². The average molecular weight is 396 g/mol. The van der Waals surface area contributed by atoms with E-state index < -0.39 is 21.6 Å². The van der Waals surface area contributed by atoms with Crippen molar-refractivity contribution >= 4 is 26.9 Å². The first kappa shape index (κ1) is 17.9. The molecule has 0 fully saturated rings. The topological polar surface area (TPSA) is 116 Å². The molecule has 0 aliphatic rings. The van der Waals surface area contributed by atoms with E-state index in [-0.39, 0.29) is 17.4 Å². The maximum atomic E-state index is 12.4. The van der Waals surface area contributed by atoms with E-state index in [1.54, 1.807) is 42.6 Å². The number of nitrogens with zero attached hydrogens (tertiary/aromatic N) is 1. The number of para-hydroxylation sites is 1. The van der Waals surface area contributed by atoms with Crippen molar-refractivity contribution in [3.8, 4) is 22.8 Å². The van der Waals surface area contributed by atoms with Gasteiger partial charge in [-0.15, -0.1) is 0 Å². The molecule has 0 spiro atoms. The lowest BCUT2D eigenvalue weighted by atomic mass is 10.1. The van der Waals surface area contributed by atoms with E-state index in [2.05, 4.69) is 4.98 Å². The van der Waals surface area contributed by atoms with Crippen molar-refractivity contribution in [3.63, 3.8) is 0 Å². The Bertz CT molecular complexity index is 1250. The number of aromatic hydroxyl groups is 1. The van der Waals surface area contributed by atoms with Gasteiger partial charge in [0.05, 0.1) is 5.52 Å². The van der Waals surface area contributed by atoms with Crippen molar-refractivity contribution < 1.29 is 22.1 Å². The summed E-state index contributed by atoms with van der Waals surface area (Å²) in [7, 11) is -4.06. The fraction of sp³-hybridized carbons (Fsp3) is 0.0500. The molecule has 4 aromatic rings. The summed E-state index contributed by atoms with van der Waals surface area (Å²) in [6, 6.07) is 17.5. The van der Waals surface area contributed by atoms with Crippen LogP contribution in [0.4, 0.5) is 5.88 Å². The highest BCUT2D eigenvalue weighted by molar-refractivity contribution is 7.86. The van der Waals surface area contributed by atoms with Crippen molar-refractivity contribution in [3.05, 3.63) is 72.4 Å². The van der Waals surface area contributed by atoms with E-state index in [0.29, 0.717) is 22.0 Å². The van der Waals surface area contributed by atoms with Crippen molar-refractivity contribution in [2.24, 2.45) is 0 Å². The minimum Gasteiger partial charge on any atom is -0.501 e. The number of fused-ring (bicyclic) bond motifs is 1. The number of rotatable bonds is 5. The van der Waals surface area contributed by atoms with Gasteiger partial charge in [0.25, 0.3) is 0 Å². The van der Waals surface area contributed by atoms with Crippen LogP contribution in [0.5, 0.6) is 11.5 Å². The van der Waals surface area contributed by atoms with Gasteiger partial charge in [-0.05, 0) is 17.7 Å². The minimum absolute atomic E-state index is 0.0148. The number of hydrogen-bond acceptors (Lipinski definition) is 7. The van der Waals surface area contributed by atoms with Gasteiger partial charge < -0.3 is 19.4 Å². The highest BCUT2D eigenvalue weighted by atomic mass is 32.2. The van der Waals surface area contributed by atoms with Crippen molar-refractivity contribution in [2.45, 2.75) is 5.75 Å². The van der Waals surface area contributed by atoms with Crippen molar-refractivity contribution in [2.75, 3.05) is 5.73 Å². The molecule has 3 N–H and O–H groups in total. The summed E-state index contributed by atoms with van der Waals surface area (Å²) in [5.74, 6) is -1.59. The van der Waals surface area contributed by atoms with Gasteiger partial charge in [0, 0.05) is 17.1 Å². The largest absolute Gasteiger partial charge is 0.501 e.